The van der Waals surface area contributed by atoms with Gasteiger partial charge in [-0.3, -0.25) is 9.59 Å². The molecule has 0 fully saturated rings. The molecule has 1 aromatic rings. The molecule has 0 aliphatic heterocycles. The molecule has 1 rings (SSSR count). The molecule has 0 aliphatic rings. The zero-order chi connectivity index (χ0) is 15.3. The predicted molar refractivity (Wildman–Crippen MR) is 80.5 cm³/mol. The third-order valence-corrected chi connectivity index (χ3v) is 2.70. The molecule has 0 saturated heterocycles. The van der Waals surface area contributed by atoms with Crippen molar-refractivity contribution < 1.29 is 9.59 Å². The monoisotopic (exact) mass is 277 g/mol. The van der Waals surface area contributed by atoms with Crippen LogP contribution in [0.2, 0.25) is 0 Å². The van der Waals surface area contributed by atoms with E-state index >= 15 is 0 Å². The van der Waals surface area contributed by atoms with Gasteiger partial charge in [-0.25, -0.2) is 0 Å². The van der Waals surface area contributed by atoms with Gasteiger partial charge >= 0.3 is 0 Å². The van der Waals surface area contributed by atoms with Crippen LogP contribution < -0.4 is 16.4 Å². The van der Waals surface area contributed by atoms with Gasteiger partial charge in [-0.05, 0) is 45.0 Å². The Labute approximate surface area is 119 Å². The summed E-state index contributed by atoms with van der Waals surface area (Å²) < 4.78 is 0. The fraction of sp³-hybridized carbons (Fsp3) is 0.467. The molecular formula is C15H23N3O2. The third-order valence-electron chi connectivity index (χ3n) is 2.70. The Hall–Kier alpha value is -1.88. The van der Waals surface area contributed by atoms with E-state index < -0.39 is 0 Å². The first-order valence-electron chi connectivity index (χ1n) is 6.66. The van der Waals surface area contributed by atoms with Crippen LogP contribution in [-0.2, 0) is 4.79 Å². The number of benzene rings is 1. The molecule has 0 spiro atoms. The van der Waals surface area contributed by atoms with Gasteiger partial charge in [0.05, 0.1) is 0 Å². The Bertz CT molecular complexity index is 475. The normalized spacial score (nSPS) is 12.7. The topological polar surface area (TPSA) is 84.2 Å². The molecule has 0 radical (unpaired) electrons. The molecular weight excluding hydrogens is 254 g/mol. The summed E-state index contributed by atoms with van der Waals surface area (Å²) in [4.78, 5) is 23.6. The van der Waals surface area contributed by atoms with Crippen LogP contribution in [0.4, 0.5) is 5.69 Å². The minimum Gasteiger partial charge on any atom is -0.347 e. The number of carbonyl (C=O) groups is 2. The molecule has 0 aromatic heterocycles. The quantitative estimate of drug-likeness (QED) is 0.784. The highest BCUT2D eigenvalue weighted by Crippen LogP contribution is 2.12. The maximum atomic E-state index is 11.9. The summed E-state index contributed by atoms with van der Waals surface area (Å²) in [6.45, 7) is 7.84. The highest BCUT2D eigenvalue weighted by Gasteiger charge is 2.15. The molecule has 5 heteroatoms. The second-order valence-corrected chi connectivity index (χ2v) is 5.91. The van der Waals surface area contributed by atoms with Gasteiger partial charge in [0.2, 0.25) is 5.91 Å². The first-order valence-corrected chi connectivity index (χ1v) is 6.66. The zero-order valence-corrected chi connectivity index (χ0v) is 12.5. The minimum atomic E-state index is -0.277. The van der Waals surface area contributed by atoms with Crippen LogP contribution in [0.1, 0.15) is 38.1 Å². The van der Waals surface area contributed by atoms with Crippen molar-refractivity contribution in [3.63, 3.8) is 0 Å². The van der Waals surface area contributed by atoms with E-state index in [1.165, 1.54) is 0 Å². The van der Waals surface area contributed by atoms with Crippen molar-refractivity contribution in [3.8, 4) is 0 Å². The average Bonchev–Trinajstić information content (AvgIpc) is 2.36. The molecule has 0 heterocycles. The van der Waals surface area contributed by atoms with E-state index in [1.807, 2.05) is 20.8 Å². The molecule has 2 amide bonds. The number of carbonyl (C=O) groups excluding carboxylic acids is 2. The summed E-state index contributed by atoms with van der Waals surface area (Å²) in [5.74, 6) is -0.496. The van der Waals surface area contributed by atoms with Crippen molar-refractivity contribution in [2.75, 3.05) is 11.9 Å². The Balaban J connectivity index is 2.69. The maximum absolute atomic E-state index is 11.9. The van der Waals surface area contributed by atoms with E-state index in [-0.39, 0.29) is 23.3 Å². The molecule has 1 unspecified atom stereocenters. The number of nitrogens with one attached hydrogen (secondary N) is 2. The van der Waals surface area contributed by atoms with Crippen LogP contribution in [0.5, 0.6) is 0 Å². The molecule has 4 N–H and O–H groups in total. The Morgan fingerprint density at radius 2 is 1.75 bits per heavy atom. The number of hydrogen-bond acceptors (Lipinski definition) is 3. The van der Waals surface area contributed by atoms with Crippen LogP contribution in [0, 0.1) is 5.92 Å². The third kappa shape index (κ3) is 5.01. The highest BCUT2D eigenvalue weighted by atomic mass is 16.2. The molecule has 0 bridgehead atoms. The van der Waals surface area contributed by atoms with Crippen molar-refractivity contribution in [2.45, 2.75) is 33.2 Å². The molecule has 20 heavy (non-hydrogen) atoms. The summed E-state index contributed by atoms with van der Waals surface area (Å²) in [7, 11) is 0. The van der Waals surface area contributed by atoms with Gasteiger partial charge in [0.15, 0.2) is 0 Å². The SMILES string of the molecule is CC(CN)C(=O)Nc1ccc(C(=O)NC(C)(C)C)cc1. The predicted octanol–water partition coefficient (Wildman–Crippen LogP) is 1.75. The summed E-state index contributed by atoms with van der Waals surface area (Å²) in [6.07, 6.45) is 0. The lowest BCUT2D eigenvalue weighted by molar-refractivity contribution is -0.119. The minimum absolute atomic E-state index is 0.126. The van der Waals surface area contributed by atoms with Crippen LogP contribution in [0.15, 0.2) is 24.3 Å². The van der Waals surface area contributed by atoms with E-state index in [1.54, 1.807) is 31.2 Å². The smallest absolute Gasteiger partial charge is 0.251 e. The first-order chi connectivity index (χ1) is 9.23. The zero-order valence-electron chi connectivity index (χ0n) is 12.5. The van der Waals surface area contributed by atoms with E-state index in [0.717, 1.165) is 0 Å². The maximum Gasteiger partial charge on any atom is 0.251 e. The van der Waals surface area contributed by atoms with Gasteiger partial charge in [-0.15, -0.1) is 0 Å². The van der Waals surface area contributed by atoms with E-state index in [9.17, 15) is 9.59 Å². The van der Waals surface area contributed by atoms with Gasteiger partial charge in [-0.2, -0.15) is 0 Å². The van der Waals surface area contributed by atoms with Gasteiger partial charge in [0, 0.05) is 29.3 Å². The standard InChI is InChI=1S/C15H23N3O2/c1-10(9-16)13(19)17-12-7-5-11(6-8-12)14(20)18-15(2,3)4/h5-8,10H,9,16H2,1-4H3,(H,17,19)(H,18,20). The fourth-order valence-electron chi connectivity index (χ4n) is 1.49. The van der Waals surface area contributed by atoms with Crippen molar-refractivity contribution in [2.24, 2.45) is 11.7 Å². The van der Waals surface area contributed by atoms with E-state index in [2.05, 4.69) is 10.6 Å². The summed E-state index contributed by atoms with van der Waals surface area (Å²) >= 11 is 0. The van der Waals surface area contributed by atoms with Crippen LogP contribution in [0.25, 0.3) is 0 Å². The van der Waals surface area contributed by atoms with Gasteiger partial charge in [0.25, 0.3) is 5.91 Å². The summed E-state index contributed by atoms with van der Waals surface area (Å²) in [6, 6.07) is 6.78. The largest absolute Gasteiger partial charge is 0.347 e. The number of rotatable bonds is 4. The van der Waals surface area contributed by atoms with Crippen molar-refractivity contribution >= 4 is 17.5 Å². The van der Waals surface area contributed by atoms with Crippen LogP contribution >= 0.6 is 0 Å². The summed E-state index contributed by atoms with van der Waals surface area (Å²) in [5.41, 5.74) is 6.37. The second-order valence-electron chi connectivity index (χ2n) is 5.91. The van der Waals surface area contributed by atoms with Crippen LogP contribution in [-0.4, -0.2) is 23.9 Å². The number of hydrogen-bond donors (Lipinski definition) is 3. The molecule has 110 valence electrons. The fourth-order valence-corrected chi connectivity index (χ4v) is 1.49. The van der Waals surface area contributed by atoms with Gasteiger partial charge in [0.1, 0.15) is 0 Å². The Morgan fingerprint density at radius 1 is 1.20 bits per heavy atom. The molecule has 1 atom stereocenters. The van der Waals surface area contributed by atoms with E-state index in [4.69, 9.17) is 5.73 Å². The van der Waals surface area contributed by atoms with Crippen molar-refractivity contribution in [1.29, 1.82) is 0 Å². The van der Waals surface area contributed by atoms with Gasteiger partial charge < -0.3 is 16.4 Å². The highest BCUT2D eigenvalue weighted by molar-refractivity contribution is 5.96. The number of anilines is 1. The lowest BCUT2D eigenvalue weighted by Gasteiger charge is -2.20. The van der Waals surface area contributed by atoms with Crippen LogP contribution in [0.3, 0.4) is 0 Å². The van der Waals surface area contributed by atoms with Gasteiger partial charge in [-0.1, -0.05) is 6.92 Å². The van der Waals surface area contributed by atoms with E-state index in [0.29, 0.717) is 17.8 Å². The molecule has 0 aliphatic carbocycles. The van der Waals surface area contributed by atoms with Crippen molar-refractivity contribution in [1.82, 2.24) is 5.32 Å². The Kier molecular flexibility index (Phi) is 5.27. The number of nitrogens with two attached hydrogens (primary N) is 1. The summed E-state index contributed by atoms with van der Waals surface area (Å²) in [5, 5.41) is 5.64. The lowest BCUT2D eigenvalue weighted by Crippen LogP contribution is -2.40. The number of amides is 2. The second kappa shape index (κ2) is 6.52. The lowest BCUT2D eigenvalue weighted by atomic mass is 10.1. The molecule has 5 nitrogen and oxygen atoms in total. The van der Waals surface area contributed by atoms with Crippen molar-refractivity contribution in [3.05, 3.63) is 29.8 Å². The first kappa shape index (κ1) is 16.2. The molecule has 0 saturated carbocycles. The Morgan fingerprint density at radius 3 is 2.20 bits per heavy atom. The molecule has 1 aromatic carbocycles. The average molecular weight is 277 g/mol.